The van der Waals surface area contributed by atoms with Crippen LogP contribution in [0.25, 0.3) is 11.5 Å². The smallest absolute Gasteiger partial charge is 0.259 e. The molecule has 0 unspecified atom stereocenters. The van der Waals surface area contributed by atoms with Crippen molar-refractivity contribution in [2.24, 2.45) is 0 Å². The number of nitrogens with zero attached hydrogens (tertiary/aromatic N) is 3. The fraction of sp³-hybridized carbons (Fsp3) is 0.300. The lowest BCUT2D eigenvalue weighted by atomic mass is 10.1. The summed E-state index contributed by atoms with van der Waals surface area (Å²) in [5.41, 5.74) is 3.04. The van der Waals surface area contributed by atoms with Gasteiger partial charge in [0.1, 0.15) is 6.54 Å². The van der Waals surface area contributed by atoms with Crippen LogP contribution in [0.4, 0.5) is 5.69 Å². The van der Waals surface area contributed by atoms with E-state index < -0.39 is 0 Å². The molecule has 0 saturated heterocycles. The van der Waals surface area contributed by atoms with Gasteiger partial charge in [0.15, 0.2) is 5.82 Å². The van der Waals surface area contributed by atoms with Crippen molar-refractivity contribution in [2.45, 2.75) is 40.2 Å². The molecule has 27 heavy (non-hydrogen) atoms. The molecule has 2 heterocycles. The van der Waals surface area contributed by atoms with E-state index in [2.05, 4.69) is 15.5 Å². The number of pyridine rings is 1. The molecule has 0 spiro atoms. The third kappa shape index (κ3) is 4.31. The molecule has 0 fully saturated rings. The number of hydrogen-bond acceptors (Lipinski definition) is 5. The lowest BCUT2D eigenvalue weighted by Crippen LogP contribution is -2.27. The molecule has 7 heteroatoms. The van der Waals surface area contributed by atoms with Crippen LogP contribution in [0.15, 0.2) is 45.8 Å². The first kappa shape index (κ1) is 18.6. The lowest BCUT2D eigenvalue weighted by Gasteiger charge is -2.12. The summed E-state index contributed by atoms with van der Waals surface area (Å²) in [6.45, 7) is 5.79. The first-order chi connectivity index (χ1) is 13.0. The predicted molar refractivity (Wildman–Crippen MR) is 103 cm³/mol. The SMILES string of the molecule is CCCc1noc(-c2ccc(=O)n(CC(=O)Nc3c(C)cccc3C)c2)n1. The monoisotopic (exact) mass is 366 g/mol. The lowest BCUT2D eigenvalue weighted by molar-refractivity contribution is -0.116. The van der Waals surface area contributed by atoms with E-state index >= 15 is 0 Å². The Balaban J connectivity index is 1.80. The summed E-state index contributed by atoms with van der Waals surface area (Å²) in [7, 11) is 0. The largest absolute Gasteiger partial charge is 0.334 e. The maximum Gasteiger partial charge on any atom is 0.259 e. The first-order valence-corrected chi connectivity index (χ1v) is 8.87. The van der Waals surface area contributed by atoms with E-state index in [4.69, 9.17) is 4.52 Å². The number of carbonyl (C=O) groups excluding carboxylic acids is 1. The Kier molecular flexibility index (Phi) is 5.49. The first-order valence-electron chi connectivity index (χ1n) is 8.87. The number of rotatable bonds is 6. The van der Waals surface area contributed by atoms with Crippen molar-refractivity contribution in [3.8, 4) is 11.5 Å². The van der Waals surface area contributed by atoms with E-state index in [1.54, 1.807) is 12.3 Å². The minimum atomic E-state index is -0.274. The molecule has 1 N–H and O–H groups in total. The summed E-state index contributed by atoms with van der Waals surface area (Å²) in [6.07, 6.45) is 3.20. The van der Waals surface area contributed by atoms with Gasteiger partial charge in [0.05, 0.1) is 5.56 Å². The molecule has 3 rings (SSSR count). The molecule has 140 valence electrons. The van der Waals surface area contributed by atoms with Crippen molar-refractivity contribution in [3.63, 3.8) is 0 Å². The molecule has 1 aromatic carbocycles. The Morgan fingerprint density at radius 3 is 2.63 bits per heavy atom. The van der Waals surface area contributed by atoms with Gasteiger partial charge in [0, 0.05) is 24.4 Å². The summed E-state index contributed by atoms with van der Waals surface area (Å²) < 4.78 is 6.59. The molecule has 0 radical (unpaired) electrons. The van der Waals surface area contributed by atoms with Gasteiger partial charge in [0.2, 0.25) is 5.91 Å². The standard InChI is InChI=1S/C20H22N4O3/c1-4-6-16-21-20(27-23-16)15-9-10-18(26)24(11-15)12-17(25)22-19-13(2)7-5-8-14(19)3/h5,7-11H,4,6,12H2,1-3H3,(H,22,25). The number of amides is 1. The third-order valence-electron chi connectivity index (χ3n) is 4.23. The highest BCUT2D eigenvalue weighted by molar-refractivity contribution is 5.92. The van der Waals surface area contributed by atoms with Crippen molar-refractivity contribution < 1.29 is 9.32 Å². The fourth-order valence-electron chi connectivity index (χ4n) is 2.82. The average Bonchev–Trinajstić information content (AvgIpc) is 3.09. The van der Waals surface area contributed by atoms with Crippen LogP contribution in [0, 0.1) is 13.8 Å². The van der Waals surface area contributed by atoms with Crippen LogP contribution in [-0.2, 0) is 17.8 Å². The number of aromatic nitrogens is 3. The number of para-hydroxylation sites is 1. The number of aryl methyl sites for hydroxylation is 3. The third-order valence-corrected chi connectivity index (χ3v) is 4.23. The number of benzene rings is 1. The number of nitrogens with one attached hydrogen (secondary N) is 1. The van der Waals surface area contributed by atoms with Crippen LogP contribution in [-0.4, -0.2) is 20.6 Å². The zero-order valence-corrected chi connectivity index (χ0v) is 15.7. The second kappa shape index (κ2) is 7.99. The van der Waals surface area contributed by atoms with Crippen LogP contribution in [0.3, 0.4) is 0 Å². The molecule has 0 saturated carbocycles. The van der Waals surface area contributed by atoms with Crippen molar-refractivity contribution in [1.29, 1.82) is 0 Å². The number of anilines is 1. The van der Waals surface area contributed by atoms with Crippen LogP contribution in [0.1, 0.15) is 30.3 Å². The van der Waals surface area contributed by atoms with Gasteiger partial charge >= 0.3 is 0 Å². The highest BCUT2D eigenvalue weighted by atomic mass is 16.5. The Labute approximate surface area is 157 Å². The second-order valence-electron chi connectivity index (χ2n) is 6.46. The van der Waals surface area contributed by atoms with Gasteiger partial charge in [-0.1, -0.05) is 30.3 Å². The molecule has 3 aromatic rings. The molecule has 0 aliphatic carbocycles. The number of carbonyl (C=O) groups is 1. The maximum atomic E-state index is 12.5. The van der Waals surface area contributed by atoms with Crippen molar-refractivity contribution in [3.05, 3.63) is 63.8 Å². The second-order valence-corrected chi connectivity index (χ2v) is 6.46. The summed E-state index contributed by atoms with van der Waals surface area (Å²) >= 11 is 0. The molecule has 0 aliphatic heterocycles. The summed E-state index contributed by atoms with van der Waals surface area (Å²) in [6, 6.07) is 8.81. The quantitative estimate of drug-likeness (QED) is 0.724. The highest BCUT2D eigenvalue weighted by Crippen LogP contribution is 2.19. The summed E-state index contributed by atoms with van der Waals surface area (Å²) in [5.74, 6) is 0.684. The van der Waals surface area contributed by atoms with Gasteiger partial charge < -0.3 is 14.4 Å². The minimum absolute atomic E-state index is 0.101. The van der Waals surface area contributed by atoms with Crippen molar-refractivity contribution in [1.82, 2.24) is 14.7 Å². The topological polar surface area (TPSA) is 90.0 Å². The van der Waals surface area contributed by atoms with Crippen molar-refractivity contribution in [2.75, 3.05) is 5.32 Å². The van der Waals surface area contributed by atoms with Gasteiger partial charge in [-0.2, -0.15) is 4.98 Å². The van der Waals surface area contributed by atoms with E-state index in [1.165, 1.54) is 10.6 Å². The molecule has 0 atom stereocenters. The average molecular weight is 366 g/mol. The zero-order chi connectivity index (χ0) is 19.4. The van der Waals surface area contributed by atoms with Crippen LogP contribution >= 0.6 is 0 Å². The van der Waals surface area contributed by atoms with E-state index in [-0.39, 0.29) is 18.0 Å². The van der Waals surface area contributed by atoms with Gasteiger partial charge in [-0.05, 0) is 37.5 Å². The predicted octanol–water partition coefficient (Wildman–Crippen LogP) is 3.11. The molecule has 1 amide bonds. The van der Waals surface area contributed by atoms with Crippen LogP contribution < -0.4 is 10.9 Å². The van der Waals surface area contributed by atoms with Gasteiger partial charge in [0.25, 0.3) is 11.4 Å². The highest BCUT2D eigenvalue weighted by Gasteiger charge is 2.12. The molecule has 7 nitrogen and oxygen atoms in total. The molecule has 0 bridgehead atoms. The normalized spacial score (nSPS) is 10.8. The Morgan fingerprint density at radius 1 is 1.19 bits per heavy atom. The van der Waals surface area contributed by atoms with Crippen LogP contribution in [0.5, 0.6) is 0 Å². The minimum Gasteiger partial charge on any atom is -0.334 e. The van der Waals surface area contributed by atoms with Crippen LogP contribution in [0.2, 0.25) is 0 Å². The number of hydrogen-bond donors (Lipinski definition) is 1. The van der Waals surface area contributed by atoms with Crippen molar-refractivity contribution >= 4 is 11.6 Å². The Morgan fingerprint density at radius 2 is 1.93 bits per heavy atom. The summed E-state index contributed by atoms with van der Waals surface area (Å²) in [5, 5.41) is 6.80. The van der Waals surface area contributed by atoms with E-state index in [9.17, 15) is 9.59 Å². The van der Waals surface area contributed by atoms with E-state index in [1.807, 2.05) is 39.0 Å². The molecular weight excluding hydrogens is 344 g/mol. The van der Waals surface area contributed by atoms with E-state index in [0.717, 1.165) is 29.7 Å². The maximum absolute atomic E-state index is 12.5. The summed E-state index contributed by atoms with van der Waals surface area (Å²) in [4.78, 5) is 28.9. The van der Waals surface area contributed by atoms with Gasteiger partial charge in [-0.25, -0.2) is 0 Å². The fourth-order valence-corrected chi connectivity index (χ4v) is 2.82. The Hall–Kier alpha value is -3.22. The van der Waals surface area contributed by atoms with E-state index in [0.29, 0.717) is 17.3 Å². The molecular formula is C20H22N4O3. The Bertz CT molecular complexity index is 1000. The molecule has 0 aliphatic rings. The van der Waals surface area contributed by atoms with Gasteiger partial charge in [-0.3, -0.25) is 9.59 Å². The van der Waals surface area contributed by atoms with Gasteiger partial charge in [-0.15, -0.1) is 0 Å². The molecule has 2 aromatic heterocycles. The zero-order valence-electron chi connectivity index (χ0n) is 15.7.